The Hall–Kier alpha value is -3.72. The minimum absolute atomic E-state index is 0. The van der Waals surface area contributed by atoms with Crippen molar-refractivity contribution in [2.24, 2.45) is 14.1 Å². The van der Waals surface area contributed by atoms with Crippen LogP contribution in [0.15, 0.2) is 48.2 Å². The molecule has 3 aromatic rings. The Labute approximate surface area is 191 Å². The third-order valence-electron chi connectivity index (χ3n) is 5.45. The number of para-hydroxylation sites is 2. The molecule has 2 aromatic carbocycles. The van der Waals surface area contributed by atoms with Gasteiger partial charge in [-0.05, 0) is 30.3 Å². The summed E-state index contributed by atoms with van der Waals surface area (Å²) in [5, 5.41) is 20.6. The fourth-order valence-electron chi connectivity index (χ4n) is 3.89. The van der Waals surface area contributed by atoms with Crippen molar-refractivity contribution in [3.05, 3.63) is 59.6 Å². The summed E-state index contributed by atoms with van der Waals surface area (Å²) < 4.78 is 14.3. The molecule has 0 unspecified atom stereocenters. The average molecular weight is 458 g/mol. The Bertz CT molecular complexity index is 1210. The molecule has 1 amide bonds. The van der Waals surface area contributed by atoms with Gasteiger partial charge in [-0.3, -0.25) is 20.6 Å². The molecule has 2 heterocycles. The number of fused-ring (bicyclic) bond motifs is 1. The predicted octanol–water partition coefficient (Wildman–Crippen LogP) is -1.07. The number of methoxy groups -OCH3 is 2. The van der Waals surface area contributed by atoms with Crippen LogP contribution in [0.1, 0.15) is 16.2 Å². The standard InChI is InChI=1S/C22H23N5O4.ClH/c1-25-14-7-5-6-8-15(14)26(2)22(25)19-16(28)12-27(20(19)23)24-21(29)13-9-10-17(30-3)18(11-13)31-4;/h5-11,23H,12H2,1-4H3,(H,24,29);1H. The Kier molecular flexibility index (Phi) is 6.31. The first-order valence-electron chi connectivity index (χ1n) is 9.62. The van der Waals surface area contributed by atoms with E-state index in [9.17, 15) is 9.90 Å². The van der Waals surface area contributed by atoms with Gasteiger partial charge in [0.1, 0.15) is 11.3 Å². The zero-order chi connectivity index (χ0) is 22.3. The summed E-state index contributed by atoms with van der Waals surface area (Å²) in [5.74, 6) is 1.20. The first kappa shape index (κ1) is 23.0. The third kappa shape index (κ3) is 3.60. The Morgan fingerprint density at radius 1 is 1.16 bits per heavy atom. The quantitative estimate of drug-likeness (QED) is 0.423. The lowest BCUT2D eigenvalue weighted by Gasteiger charge is -2.19. The number of hydrogen-bond acceptors (Lipinski definition) is 5. The molecule has 0 saturated heterocycles. The lowest BCUT2D eigenvalue weighted by molar-refractivity contribution is -0.648. The number of imidazole rings is 1. The zero-order valence-corrected chi connectivity index (χ0v) is 18.9. The number of carbonyl (C=O) groups is 1. The van der Waals surface area contributed by atoms with E-state index in [1.165, 1.54) is 19.2 Å². The summed E-state index contributed by atoms with van der Waals surface area (Å²) >= 11 is 0. The van der Waals surface area contributed by atoms with Gasteiger partial charge >= 0.3 is 0 Å². The molecule has 0 atom stereocenters. The van der Waals surface area contributed by atoms with Crippen molar-refractivity contribution in [2.45, 2.75) is 0 Å². The third-order valence-corrected chi connectivity index (χ3v) is 5.45. The molecule has 10 heteroatoms. The van der Waals surface area contributed by atoms with Crippen LogP contribution >= 0.6 is 0 Å². The first-order chi connectivity index (χ1) is 14.9. The fraction of sp³-hybridized carbons (Fsp3) is 0.227. The maximum absolute atomic E-state index is 12.8. The van der Waals surface area contributed by atoms with E-state index in [2.05, 4.69) is 5.43 Å². The van der Waals surface area contributed by atoms with Crippen LogP contribution in [0.3, 0.4) is 0 Å². The number of ether oxygens (including phenoxy) is 2. The number of halogens is 1. The second kappa shape index (κ2) is 8.80. The molecule has 0 radical (unpaired) electrons. The number of aromatic nitrogens is 2. The van der Waals surface area contributed by atoms with Crippen molar-refractivity contribution in [1.82, 2.24) is 15.0 Å². The maximum Gasteiger partial charge on any atom is 0.296 e. The highest BCUT2D eigenvalue weighted by Crippen LogP contribution is 2.29. The summed E-state index contributed by atoms with van der Waals surface area (Å²) in [6, 6.07) is 12.6. The highest BCUT2D eigenvalue weighted by Gasteiger charge is 2.37. The van der Waals surface area contributed by atoms with Crippen LogP contribution in [0.25, 0.3) is 16.6 Å². The summed E-state index contributed by atoms with van der Waals surface area (Å²) in [5.41, 5.74) is 5.35. The van der Waals surface area contributed by atoms with Crippen LogP contribution in [0, 0.1) is 5.41 Å². The lowest BCUT2D eigenvalue weighted by Crippen LogP contribution is -3.00. The van der Waals surface area contributed by atoms with Crippen LogP contribution < -0.4 is 31.9 Å². The predicted molar refractivity (Wildman–Crippen MR) is 115 cm³/mol. The number of hydrazine groups is 1. The van der Waals surface area contributed by atoms with Crippen molar-refractivity contribution >= 4 is 28.3 Å². The summed E-state index contributed by atoms with van der Waals surface area (Å²) in [7, 11) is 6.78. The summed E-state index contributed by atoms with van der Waals surface area (Å²) in [6.07, 6.45) is 0. The van der Waals surface area contributed by atoms with Gasteiger partial charge in [0.2, 0.25) is 0 Å². The molecule has 3 N–H and O–H groups in total. The van der Waals surface area contributed by atoms with Crippen molar-refractivity contribution in [2.75, 3.05) is 20.8 Å². The second-order valence-electron chi connectivity index (χ2n) is 7.20. The largest absolute Gasteiger partial charge is 1.00 e. The van der Waals surface area contributed by atoms with E-state index >= 15 is 0 Å². The molecule has 168 valence electrons. The molecule has 0 aliphatic carbocycles. The number of benzene rings is 2. The van der Waals surface area contributed by atoms with Gasteiger partial charge in [0.25, 0.3) is 11.7 Å². The van der Waals surface area contributed by atoms with Gasteiger partial charge in [-0.15, -0.1) is 0 Å². The van der Waals surface area contributed by atoms with Gasteiger partial charge in [-0.1, -0.05) is 12.1 Å². The van der Waals surface area contributed by atoms with Crippen molar-refractivity contribution in [3.63, 3.8) is 0 Å². The van der Waals surface area contributed by atoms with Gasteiger partial charge in [-0.25, -0.2) is 9.13 Å². The van der Waals surface area contributed by atoms with E-state index < -0.39 is 5.91 Å². The van der Waals surface area contributed by atoms with E-state index in [0.29, 0.717) is 28.5 Å². The number of rotatable bonds is 5. The monoisotopic (exact) mass is 457 g/mol. The van der Waals surface area contributed by atoms with E-state index in [-0.39, 0.29) is 30.5 Å². The first-order valence-corrected chi connectivity index (χ1v) is 9.62. The van der Waals surface area contributed by atoms with Gasteiger partial charge < -0.3 is 27.0 Å². The molecular formula is C22H24ClN5O4. The number of nitrogens with one attached hydrogen (secondary N) is 2. The number of amidine groups is 1. The number of aliphatic hydroxyl groups excluding tert-OH is 1. The van der Waals surface area contributed by atoms with E-state index in [1.54, 1.807) is 18.2 Å². The molecule has 0 saturated carbocycles. The summed E-state index contributed by atoms with van der Waals surface area (Å²) in [6.45, 7) is -0.00524. The van der Waals surface area contributed by atoms with Crippen molar-refractivity contribution in [1.29, 1.82) is 5.41 Å². The molecule has 32 heavy (non-hydrogen) atoms. The zero-order valence-electron chi connectivity index (χ0n) is 18.1. The smallest absolute Gasteiger partial charge is 0.296 e. The minimum Gasteiger partial charge on any atom is -1.00 e. The second-order valence-corrected chi connectivity index (χ2v) is 7.20. The number of hydrogen-bond donors (Lipinski definition) is 3. The Morgan fingerprint density at radius 3 is 2.50 bits per heavy atom. The van der Waals surface area contributed by atoms with E-state index in [1.807, 2.05) is 47.5 Å². The number of aliphatic hydroxyl groups is 1. The highest BCUT2D eigenvalue weighted by atomic mass is 35.5. The van der Waals surface area contributed by atoms with Crippen molar-refractivity contribution in [3.8, 4) is 11.5 Å². The molecule has 0 spiro atoms. The fourth-order valence-corrected chi connectivity index (χ4v) is 3.89. The van der Waals surface area contributed by atoms with Gasteiger partial charge in [0.15, 0.2) is 28.4 Å². The number of nitrogens with zero attached hydrogens (tertiary/aromatic N) is 3. The number of carbonyl (C=O) groups excluding carboxylic acids is 1. The van der Waals surface area contributed by atoms with Crippen LogP contribution in [0.5, 0.6) is 11.5 Å². The molecule has 0 bridgehead atoms. The minimum atomic E-state index is -0.429. The van der Waals surface area contributed by atoms with Crippen molar-refractivity contribution < 1.29 is 36.3 Å². The van der Waals surface area contributed by atoms with Crippen LogP contribution in [0.4, 0.5) is 0 Å². The molecule has 0 fully saturated rings. The van der Waals surface area contributed by atoms with E-state index in [0.717, 1.165) is 11.0 Å². The molecule has 9 nitrogen and oxygen atoms in total. The van der Waals surface area contributed by atoms with Gasteiger partial charge in [0.05, 0.1) is 34.9 Å². The van der Waals surface area contributed by atoms with Gasteiger partial charge in [0, 0.05) is 5.56 Å². The Morgan fingerprint density at radius 2 is 1.84 bits per heavy atom. The molecular weight excluding hydrogens is 434 g/mol. The topological polar surface area (TPSA) is 104 Å². The molecule has 1 aromatic heterocycles. The van der Waals surface area contributed by atoms with Crippen LogP contribution in [0.2, 0.25) is 0 Å². The number of amides is 1. The summed E-state index contributed by atoms with van der Waals surface area (Å²) in [4.78, 5) is 12.8. The van der Waals surface area contributed by atoms with E-state index in [4.69, 9.17) is 14.9 Å². The number of aryl methyl sites for hydroxylation is 2. The normalized spacial score (nSPS) is 13.4. The van der Waals surface area contributed by atoms with Crippen LogP contribution in [-0.4, -0.2) is 47.2 Å². The highest BCUT2D eigenvalue weighted by molar-refractivity contribution is 6.23. The SMILES string of the molecule is COc1ccc(C(=O)NN2CC(O)=C(c3n(C)c4ccccc4[n+]3C)C2=N)cc1OC.[Cl-]. The molecule has 4 rings (SSSR count). The van der Waals surface area contributed by atoms with Gasteiger partial charge in [-0.2, -0.15) is 0 Å². The molecule has 1 aliphatic rings. The maximum atomic E-state index is 12.8. The lowest BCUT2D eigenvalue weighted by atomic mass is 10.2. The van der Waals surface area contributed by atoms with Crippen LogP contribution in [-0.2, 0) is 14.1 Å². The molecule has 1 aliphatic heterocycles. The Balaban J connectivity index is 0.00000289. The average Bonchev–Trinajstić information content (AvgIpc) is 3.19.